The summed E-state index contributed by atoms with van der Waals surface area (Å²) in [5, 5.41) is 25.2. The first-order valence-electron chi connectivity index (χ1n) is 27.4. The maximum atomic E-state index is 13.7. The second kappa shape index (κ2) is 21.6. The van der Waals surface area contributed by atoms with Gasteiger partial charge in [-0.1, -0.05) is 84.3 Å². The molecular weight excluding hydrogens is 979 g/mol. The van der Waals surface area contributed by atoms with Crippen LogP contribution in [0.15, 0.2) is 60.7 Å². The Morgan fingerprint density at radius 1 is 0.600 bits per heavy atom. The molecule has 3 aromatic carbocycles. The van der Waals surface area contributed by atoms with Gasteiger partial charge in [-0.15, -0.1) is 0 Å². The summed E-state index contributed by atoms with van der Waals surface area (Å²) in [5.41, 5.74) is 5.33. The van der Waals surface area contributed by atoms with Crippen molar-refractivity contribution in [1.29, 1.82) is 0 Å². The summed E-state index contributed by atoms with van der Waals surface area (Å²) in [6.07, 6.45) is -0.0432. The Hall–Kier alpha value is -4.79. The number of imidazole rings is 2. The second-order valence-corrected chi connectivity index (χ2v) is 38.0. The SMILES string of the molecule is CC(C)(C)OC(=O)N1CCCC1c1nc2cc([C@H]3[C@@H](O)[C@H](O)[C@H](c4ccc5nc(C6CCCN6C(=O)OC(C)(C)C)n(COCC[Si](C)(C)C)c5c4)N3c3ccc(C(C)(C)C)cc3)ccc2n1COCC[Si](C)(C)C. The molecule has 2 aromatic heterocycles. The van der Waals surface area contributed by atoms with Crippen LogP contribution in [0.2, 0.25) is 51.4 Å². The highest BCUT2D eigenvalue weighted by molar-refractivity contribution is 6.76. The molecular formula is C58H87N7O8Si2. The number of carbonyl (C=O) groups is 2. The van der Waals surface area contributed by atoms with Crippen LogP contribution in [0.3, 0.4) is 0 Å². The van der Waals surface area contributed by atoms with Gasteiger partial charge >= 0.3 is 12.2 Å². The first kappa shape index (κ1) is 56.4. The van der Waals surface area contributed by atoms with Gasteiger partial charge in [0.2, 0.25) is 0 Å². The first-order valence-corrected chi connectivity index (χ1v) is 34.8. The molecule has 0 saturated carbocycles. The molecule has 2 N–H and O–H groups in total. The summed E-state index contributed by atoms with van der Waals surface area (Å²) < 4.78 is 28.9. The van der Waals surface area contributed by atoms with Crippen LogP contribution < -0.4 is 4.90 Å². The molecule has 0 bridgehead atoms. The zero-order chi connectivity index (χ0) is 54.6. The minimum atomic E-state index is -1.41. The zero-order valence-electron chi connectivity index (χ0n) is 47.7. The molecule has 3 saturated heterocycles. The maximum absolute atomic E-state index is 13.7. The monoisotopic (exact) mass is 1070 g/mol. The summed E-state index contributed by atoms with van der Waals surface area (Å²) in [7, 11) is -2.78. The number of aromatic nitrogens is 4. The normalized spacial score (nSPS) is 22.1. The number of aliphatic hydroxyl groups excluding tert-OH is 2. The largest absolute Gasteiger partial charge is 0.444 e. The number of aliphatic hydroxyl groups is 2. The van der Waals surface area contributed by atoms with Gasteiger partial charge in [0.25, 0.3) is 0 Å². The minimum Gasteiger partial charge on any atom is -0.444 e. The van der Waals surface area contributed by atoms with E-state index in [9.17, 15) is 19.8 Å². The molecule has 3 aliphatic heterocycles. The quantitative estimate of drug-likeness (QED) is 0.0760. The summed E-state index contributed by atoms with van der Waals surface area (Å²) in [6, 6.07) is 20.6. The van der Waals surface area contributed by atoms with Gasteiger partial charge in [0, 0.05) is 48.1 Å². The van der Waals surface area contributed by atoms with Gasteiger partial charge in [0.05, 0.1) is 46.2 Å². The maximum Gasteiger partial charge on any atom is 0.410 e. The second-order valence-electron chi connectivity index (χ2n) is 26.7. The highest BCUT2D eigenvalue weighted by Crippen LogP contribution is 2.49. The Bertz CT molecular complexity index is 2810. The van der Waals surface area contributed by atoms with Crippen molar-refractivity contribution < 1.29 is 38.7 Å². The number of nitrogens with zero attached hydrogens (tertiary/aromatic N) is 7. The third-order valence-corrected chi connectivity index (χ3v) is 18.1. The third-order valence-electron chi connectivity index (χ3n) is 14.7. The van der Waals surface area contributed by atoms with E-state index in [1.54, 1.807) is 9.80 Å². The van der Waals surface area contributed by atoms with E-state index in [1.165, 1.54) is 0 Å². The molecule has 0 aliphatic carbocycles. The van der Waals surface area contributed by atoms with Crippen molar-refractivity contribution in [3.8, 4) is 0 Å². The van der Waals surface area contributed by atoms with Crippen molar-refractivity contribution in [3.63, 3.8) is 0 Å². The van der Waals surface area contributed by atoms with E-state index in [0.29, 0.717) is 31.8 Å². The highest BCUT2D eigenvalue weighted by atomic mass is 28.3. The lowest BCUT2D eigenvalue weighted by molar-refractivity contribution is 0.0196. The Morgan fingerprint density at radius 3 is 1.52 bits per heavy atom. The van der Waals surface area contributed by atoms with Crippen molar-refractivity contribution in [2.75, 3.05) is 31.2 Å². The fraction of sp³-hybridized carbons (Fsp3) is 0.621. The standard InChI is InChI=1S/C58H87N7O8Si2/c1-56(2,3)40-22-24-41(25-23-40)65-48(38-21-27-44-43(34-38)60-53(63(44)36-70-30-32-74(10,11)12)46-19-17-29-62(46)55(69)73-58(7,8)9)50(66)51(67)49(65)39-20-26-42-47(35-39)64(37-71-31-33-75(13,14)15)52(59-42)45-18-16-28-61(45)54(68)72-57(4,5)6/h20-27,34-35,45-46,48-51,66-67H,16-19,28-33,36-37H2,1-15H3/t45?,46?,48-,49-,50+,51+/m0/s1. The first-order chi connectivity index (χ1) is 35.0. The van der Waals surface area contributed by atoms with Gasteiger partial charge in [0.1, 0.15) is 48.5 Å². The lowest BCUT2D eigenvalue weighted by atomic mass is 9.87. The summed E-state index contributed by atoms with van der Waals surface area (Å²) in [4.78, 5) is 43.7. The molecule has 2 unspecified atom stereocenters. The average Bonchev–Trinajstić information content (AvgIpc) is 4.14. The van der Waals surface area contributed by atoms with Crippen LogP contribution in [0.4, 0.5) is 15.3 Å². The third kappa shape index (κ3) is 13.0. The van der Waals surface area contributed by atoms with Crippen molar-refractivity contribution in [2.24, 2.45) is 0 Å². The molecule has 0 spiro atoms. The number of likely N-dealkylation sites (tertiary alicyclic amines) is 2. The predicted octanol–water partition coefficient (Wildman–Crippen LogP) is 12.5. The number of hydrogen-bond acceptors (Lipinski definition) is 11. The number of carbonyl (C=O) groups excluding carboxylic acids is 2. The molecule has 6 atom stereocenters. The fourth-order valence-corrected chi connectivity index (χ4v) is 12.2. The fourth-order valence-electron chi connectivity index (χ4n) is 10.7. The topological polar surface area (TPSA) is 157 Å². The molecule has 2 amide bonds. The Morgan fingerprint density at radius 2 is 1.05 bits per heavy atom. The van der Waals surface area contributed by atoms with Crippen LogP contribution in [0, 0.1) is 0 Å². The van der Waals surface area contributed by atoms with Gasteiger partial charge in [-0.3, -0.25) is 9.80 Å². The molecule has 3 aliphatic rings. The Balaban J connectivity index is 1.22. The number of fused-ring (bicyclic) bond motifs is 2. The molecule has 8 rings (SSSR count). The van der Waals surface area contributed by atoms with E-state index in [4.69, 9.17) is 28.9 Å². The molecule has 0 radical (unpaired) electrons. The zero-order valence-corrected chi connectivity index (χ0v) is 49.7. The van der Waals surface area contributed by atoms with E-state index in [0.717, 1.165) is 88.3 Å². The van der Waals surface area contributed by atoms with Gasteiger partial charge < -0.3 is 43.2 Å². The van der Waals surface area contributed by atoms with Crippen molar-refractivity contribution in [1.82, 2.24) is 28.9 Å². The van der Waals surface area contributed by atoms with Crippen LogP contribution >= 0.6 is 0 Å². The number of ether oxygens (including phenoxy) is 4. The molecule has 410 valence electrons. The van der Waals surface area contributed by atoms with Gasteiger partial charge in [-0.25, -0.2) is 19.6 Å². The van der Waals surface area contributed by atoms with E-state index < -0.39 is 51.6 Å². The smallest absolute Gasteiger partial charge is 0.410 e. The van der Waals surface area contributed by atoms with Crippen LogP contribution in [-0.2, 0) is 37.8 Å². The molecule has 3 fully saturated rings. The van der Waals surface area contributed by atoms with Crippen molar-refractivity contribution in [3.05, 3.63) is 89.0 Å². The van der Waals surface area contributed by atoms with Gasteiger partial charge in [-0.05, 0) is 138 Å². The van der Waals surface area contributed by atoms with E-state index in [-0.39, 0.29) is 43.1 Å². The van der Waals surface area contributed by atoms with E-state index in [2.05, 4.69) is 104 Å². The molecule has 5 aromatic rings. The van der Waals surface area contributed by atoms with Crippen LogP contribution in [-0.4, -0.2) is 117 Å². The van der Waals surface area contributed by atoms with Crippen LogP contribution in [0.25, 0.3) is 22.1 Å². The minimum absolute atomic E-state index is 0.101. The average molecular weight is 1070 g/mol. The number of amides is 2. The molecule has 75 heavy (non-hydrogen) atoms. The summed E-state index contributed by atoms with van der Waals surface area (Å²) in [5.74, 6) is 1.47. The number of anilines is 1. The molecule has 17 heteroatoms. The summed E-state index contributed by atoms with van der Waals surface area (Å²) >= 11 is 0. The van der Waals surface area contributed by atoms with Crippen LogP contribution in [0.5, 0.6) is 0 Å². The van der Waals surface area contributed by atoms with Crippen molar-refractivity contribution >= 4 is 56.1 Å². The summed E-state index contributed by atoms with van der Waals surface area (Å²) in [6.45, 7) is 34.7. The number of rotatable bonds is 15. The van der Waals surface area contributed by atoms with Gasteiger partial charge in [0.15, 0.2) is 0 Å². The van der Waals surface area contributed by atoms with Gasteiger partial charge in [-0.2, -0.15) is 0 Å². The molecule has 5 heterocycles. The Labute approximate surface area is 447 Å². The Kier molecular flexibility index (Phi) is 16.2. The lowest BCUT2D eigenvalue weighted by Gasteiger charge is -2.34. The van der Waals surface area contributed by atoms with Crippen molar-refractivity contribution in [2.45, 2.75) is 206 Å². The van der Waals surface area contributed by atoms with E-state index >= 15 is 0 Å². The highest BCUT2D eigenvalue weighted by Gasteiger charge is 2.50. The van der Waals surface area contributed by atoms with E-state index in [1.807, 2.05) is 71.9 Å². The molecule has 15 nitrogen and oxygen atoms in total. The number of hydrogen-bond donors (Lipinski definition) is 2. The number of benzene rings is 3. The lowest BCUT2D eigenvalue weighted by Crippen LogP contribution is -2.37. The van der Waals surface area contributed by atoms with Crippen LogP contribution in [0.1, 0.15) is 141 Å². The predicted molar refractivity (Wildman–Crippen MR) is 303 cm³/mol.